The second kappa shape index (κ2) is 8.08. The van der Waals surface area contributed by atoms with Gasteiger partial charge in [-0.1, -0.05) is 0 Å². The number of benzene rings is 2. The molecular weight excluding hydrogens is 372 g/mol. The molecule has 2 aromatic carbocycles. The lowest BCUT2D eigenvalue weighted by Gasteiger charge is -2.06. The first-order valence-corrected chi connectivity index (χ1v) is 8.47. The minimum absolute atomic E-state index is 0.0238. The third-order valence-corrected chi connectivity index (χ3v) is 3.94. The summed E-state index contributed by atoms with van der Waals surface area (Å²) in [7, 11) is 0. The molecule has 0 spiro atoms. The van der Waals surface area contributed by atoms with Crippen molar-refractivity contribution in [2.24, 2.45) is 0 Å². The first kappa shape index (κ1) is 19.3. The first-order valence-electron chi connectivity index (χ1n) is 8.47. The molecule has 1 aromatic heterocycles. The number of ether oxygens (including phenoxy) is 2. The number of fused-ring (bicyclic) bond motifs is 1. The molecule has 0 atom stereocenters. The Labute approximate surface area is 159 Å². The van der Waals surface area contributed by atoms with Crippen molar-refractivity contribution in [3.63, 3.8) is 0 Å². The van der Waals surface area contributed by atoms with Crippen molar-refractivity contribution in [1.82, 2.24) is 0 Å². The maximum absolute atomic E-state index is 13.2. The molecule has 0 bridgehead atoms. The number of esters is 1. The Bertz CT molecular complexity index is 1040. The van der Waals surface area contributed by atoms with Gasteiger partial charge in [0.15, 0.2) is 18.2 Å². The van der Waals surface area contributed by atoms with Crippen LogP contribution in [0.25, 0.3) is 11.0 Å². The number of halogens is 2. The molecule has 1 amide bonds. The molecule has 6 nitrogen and oxygen atoms in total. The van der Waals surface area contributed by atoms with Gasteiger partial charge in [0.05, 0.1) is 6.61 Å². The number of hydrogen-bond acceptors (Lipinski definition) is 5. The van der Waals surface area contributed by atoms with Crippen molar-refractivity contribution in [3.05, 3.63) is 59.4 Å². The Morgan fingerprint density at radius 1 is 1.11 bits per heavy atom. The van der Waals surface area contributed by atoms with Crippen LogP contribution in [0.3, 0.4) is 0 Å². The monoisotopic (exact) mass is 389 g/mol. The van der Waals surface area contributed by atoms with E-state index in [-0.39, 0.29) is 11.4 Å². The van der Waals surface area contributed by atoms with Crippen LogP contribution in [0.5, 0.6) is 5.75 Å². The number of carbonyl (C=O) groups is 2. The van der Waals surface area contributed by atoms with Gasteiger partial charge in [-0.15, -0.1) is 0 Å². The molecule has 0 saturated carbocycles. The quantitative estimate of drug-likeness (QED) is 0.639. The van der Waals surface area contributed by atoms with Crippen LogP contribution in [-0.4, -0.2) is 25.1 Å². The van der Waals surface area contributed by atoms with E-state index >= 15 is 0 Å². The van der Waals surface area contributed by atoms with Gasteiger partial charge in [0, 0.05) is 22.7 Å². The summed E-state index contributed by atoms with van der Waals surface area (Å²) in [6.45, 7) is 3.45. The summed E-state index contributed by atoms with van der Waals surface area (Å²) in [5.41, 5.74) is 1.09. The molecule has 0 aliphatic rings. The average molecular weight is 389 g/mol. The van der Waals surface area contributed by atoms with Crippen molar-refractivity contribution in [2.45, 2.75) is 13.8 Å². The summed E-state index contributed by atoms with van der Waals surface area (Å²) in [6, 6.07) is 8.06. The molecule has 0 aliphatic heterocycles. The molecular formula is C20H17F2NO5. The third kappa shape index (κ3) is 4.11. The zero-order valence-electron chi connectivity index (χ0n) is 15.2. The van der Waals surface area contributed by atoms with Gasteiger partial charge in [-0.25, -0.2) is 13.6 Å². The Balaban J connectivity index is 1.66. The lowest BCUT2D eigenvalue weighted by molar-refractivity contribution is -0.119. The first-order chi connectivity index (χ1) is 13.4. The summed E-state index contributed by atoms with van der Waals surface area (Å²) < 4.78 is 42.0. The van der Waals surface area contributed by atoms with Gasteiger partial charge in [-0.05, 0) is 44.2 Å². The number of nitrogens with one attached hydrogen (secondary N) is 1. The van der Waals surface area contributed by atoms with E-state index in [1.807, 2.05) is 6.92 Å². The second-order valence-electron chi connectivity index (χ2n) is 5.90. The maximum Gasteiger partial charge on any atom is 0.375 e. The topological polar surface area (TPSA) is 77.8 Å². The van der Waals surface area contributed by atoms with Crippen LogP contribution < -0.4 is 10.1 Å². The average Bonchev–Trinajstić information content (AvgIpc) is 2.99. The van der Waals surface area contributed by atoms with Gasteiger partial charge >= 0.3 is 5.97 Å². The van der Waals surface area contributed by atoms with E-state index in [4.69, 9.17) is 13.9 Å². The van der Waals surface area contributed by atoms with Gasteiger partial charge < -0.3 is 19.2 Å². The van der Waals surface area contributed by atoms with Crippen molar-refractivity contribution >= 4 is 28.5 Å². The molecule has 1 N–H and O–H groups in total. The third-order valence-electron chi connectivity index (χ3n) is 3.94. The predicted molar refractivity (Wildman–Crippen MR) is 97.4 cm³/mol. The van der Waals surface area contributed by atoms with E-state index in [0.717, 1.165) is 12.1 Å². The van der Waals surface area contributed by atoms with Gasteiger partial charge in [0.1, 0.15) is 11.3 Å². The standard InChI is InChI=1S/C20H17F2NO5/c1-3-26-13-5-7-17-14(9-13)11(2)19(28-17)20(25)27-10-18(24)23-12-4-6-15(21)16(22)8-12/h4-9H,3,10H2,1-2H3,(H,23,24). The number of aryl methyl sites for hydroxylation is 1. The van der Waals surface area contributed by atoms with E-state index < -0.39 is 30.1 Å². The Morgan fingerprint density at radius 3 is 2.61 bits per heavy atom. The largest absolute Gasteiger partial charge is 0.494 e. The summed E-state index contributed by atoms with van der Waals surface area (Å²) >= 11 is 0. The fourth-order valence-electron chi connectivity index (χ4n) is 2.62. The summed E-state index contributed by atoms with van der Waals surface area (Å²) in [6.07, 6.45) is 0. The normalized spacial score (nSPS) is 10.7. The fourth-order valence-corrected chi connectivity index (χ4v) is 2.62. The molecule has 0 radical (unpaired) electrons. The van der Waals surface area contributed by atoms with Crippen LogP contribution in [0.15, 0.2) is 40.8 Å². The number of anilines is 1. The van der Waals surface area contributed by atoms with Crippen LogP contribution >= 0.6 is 0 Å². The van der Waals surface area contributed by atoms with Crippen LogP contribution in [0.2, 0.25) is 0 Å². The lowest BCUT2D eigenvalue weighted by atomic mass is 10.1. The Kier molecular flexibility index (Phi) is 5.58. The molecule has 0 aliphatic carbocycles. The highest BCUT2D eigenvalue weighted by Crippen LogP contribution is 2.29. The molecule has 0 fully saturated rings. The molecule has 0 saturated heterocycles. The number of hydrogen-bond donors (Lipinski definition) is 1. The van der Waals surface area contributed by atoms with E-state index in [0.29, 0.717) is 28.9 Å². The highest BCUT2D eigenvalue weighted by atomic mass is 19.2. The van der Waals surface area contributed by atoms with Crippen LogP contribution in [0.4, 0.5) is 14.5 Å². The Morgan fingerprint density at radius 2 is 1.89 bits per heavy atom. The minimum Gasteiger partial charge on any atom is -0.494 e. The highest BCUT2D eigenvalue weighted by Gasteiger charge is 2.20. The SMILES string of the molecule is CCOc1ccc2oc(C(=O)OCC(=O)Nc3ccc(F)c(F)c3)c(C)c2c1. The second-order valence-corrected chi connectivity index (χ2v) is 5.90. The molecule has 3 aromatic rings. The van der Waals surface area contributed by atoms with E-state index in [1.165, 1.54) is 6.07 Å². The lowest BCUT2D eigenvalue weighted by Crippen LogP contribution is -2.21. The van der Waals surface area contributed by atoms with Crippen LogP contribution in [-0.2, 0) is 9.53 Å². The van der Waals surface area contributed by atoms with E-state index in [2.05, 4.69) is 5.32 Å². The Hall–Kier alpha value is -3.42. The number of rotatable bonds is 6. The van der Waals surface area contributed by atoms with Gasteiger partial charge in [-0.3, -0.25) is 4.79 Å². The van der Waals surface area contributed by atoms with Crippen molar-refractivity contribution in [1.29, 1.82) is 0 Å². The maximum atomic E-state index is 13.2. The molecule has 1 heterocycles. The number of carbonyl (C=O) groups excluding carboxylic acids is 2. The van der Waals surface area contributed by atoms with Crippen LogP contribution in [0, 0.1) is 18.6 Å². The summed E-state index contributed by atoms with van der Waals surface area (Å²) in [4.78, 5) is 24.1. The highest BCUT2D eigenvalue weighted by molar-refractivity contribution is 5.98. The van der Waals surface area contributed by atoms with E-state index in [1.54, 1.807) is 25.1 Å². The van der Waals surface area contributed by atoms with Gasteiger partial charge in [0.25, 0.3) is 5.91 Å². The molecule has 28 heavy (non-hydrogen) atoms. The predicted octanol–water partition coefficient (Wildman–Crippen LogP) is 4.21. The zero-order chi connectivity index (χ0) is 20.3. The van der Waals surface area contributed by atoms with E-state index in [9.17, 15) is 18.4 Å². The summed E-state index contributed by atoms with van der Waals surface area (Å²) in [5, 5.41) is 3.01. The zero-order valence-corrected chi connectivity index (χ0v) is 15.2. The minimum atomic E-state index is -1.10. The van der Waals surface area contributed by atoms with Crippen molar-refractivity contribution in [3.8, 4) is 5.75 Å². The molecule has 146 valence electrons. The van der Waals surface area contributed by atoms with Crippen LogP contribution in [0.1, 0.15) is 23.0 Å². The molecule has 3 rings (SSSR count). The fraction of sp³-hybridized carbons (Fsp3) is 0.200. The number of amides is 1. The van der Waals surface area contributed by atoms with Crippen molar-refractivity contribution in [2.75, 3.05) is 18.5 Å². The smallest absolute Gasteiger partial charge is 0.375 e. The summed E-state index contributed by atoms with van der Waals surface area (Å²) in [5.74, 6) is -3.02. The molecule has 0 unspecified atom stereocenters. The molecule has 8 heteroatoms. The number of furan rings is 1. The van der Waals surface area contributed by atoms with Crippen molar-refractivity contribution < 1.29 is 32.3 Å². The van der Waals surface area contributed by atoms with Gasteiger partial charge in [-0.2, -0.15) is 0 Å². The van der Waals surface area contributed by atoms with Gasteiger partial charge in [0.2, 0.25) is 5.76 Å².